The normalized spacial score (nSPS) is 14.5. The zero-order valence-electron chi connectivity index (χ0n) is 15.0. The van der Waals surface area contributed by atoms with Gasteiger partial charge >= 0.3 is 0 Å². The lowest BCUT2D eigenvalue weighted by molar-refractivity contribution is 0.473. The van der Waals surface area contributed by atoms with Crippen molar-refractivity contribution in [3.8, 4) is 5.75 Å². The average molecular weight is 325 g/mol. The fourth-order valence-corrected chi connectivity index (χ4v) is 3.27. The highest BCUT2D eigenvalue weighted by Crippen LogP contribution is 2.43. The van der Waals surface area contributed by atoms with Crippen LogP contribution in [0.4, 0.5) is 5.69 Å². The second-order valence-corrected chi connectivity index (χ2v) is 6.72. The minimum Gasteiger partial charge on any atom is -0.507 e. The Morgan fingerprint density at radius 2 is 2.04 bits per heavy atom. The molecule has 0 aromatic heterocycles. The van der Waals surface area contributed by atoms with Crippen LogP contribution in [0, 0.1) is 4.91 Å². The monoisotopic (exact) mass is 325 g/mol. The van der Waals surface area contributed by atoms with Crippen molar-refractivity contribution in [2.75, 3.05) is 0 Å². The van der Waals surface area contributed by atoms with E-state index in [1.165, 1.54) is 5.57 Å². The Morgan fingerprint density at radius 1 is 1.29 bits per heavy atom. The third kappa shape index (κ3) is 4.02. The molecule has 0 fully saturated rings. The highest BCUT2D eigenvalue weighted by Gasteiger charge is 2.20. The molecule has 128 valence electrons. The van der Waals surface area contributed by atoms with Crippen LogP contribution in [-0.2, 0) is 6.42 Å². The predicted molar refractivity (Wildman–Crippen MR) is 102 cm³/mol. The minimum atomic E-state index is 0.137. The Bertz CT molecular complexity index is 711. The molecular formula is C21H27NO2. The van der Waals surface area contributed by atoms with E-state index >= 15 is 0 Å². The second-order valence-electron chi connectivity index (χ2n) is 6.72. The number of hydrogen-bond donors (Lipinski definition) is 1. The molecule has 0 atom stereocenters. The Balaban J connectivity index is 2.53. The van der Waals surface area contributed by atoms with Crippen LogP contribution in [0.5, 0.6) is 5.75 Å². The third-order valence-electron chi connectivity index (χ3n) is 4.59. The molecule has 0 unspecified atom stereocenters. The number of phenolic OH excluding ortho intramolecular Hbond substituents is 1. The molecule has 0 bridgehead atoms. The van der Waals surface area contributed by atoms with Gasteiger partial charge in [0, 0.05) is 0 Å². The van der Waals surface area contributed by atoms with Crippen LogP contribution < -0.4 is 0 Å². The van der Waals surface area contributed by atoms with Gasteiger partial charge in [0.25, 0.3) is 0 Å². The first-order chi connectivity index (χ1) is 11.5. The molecule has 1 aromatic rings. The van der Waals surface area contributed by atoms with E-state index in [0.29, 0.717) is 11.3 Å². The van der Waals surface area contributed by atoms with Crippen molar-refractivity contribution in [3.05, 3.63) is 57.5 Å². The molecule has 0 saturated carbocycles. The second kappa shape index (κ2) is 8.09. The maximum atomic E-state index is 11.4. The average Bonchev–Trinajstić information content (AvgIpc) is 2.54. The highest BCUT2D eigenvalue weighted by atomic mass is 16.3. The summed E-state index contributed by atoms with van der Waals surface area (Å²) < 4.78 is 0. The van der Waals surface area contributed by atoms with Crippen LogP contribution in [0.2, 0.25) is 0 Å². The molecular weight excluding hydrogens is 298 g/mol. The molecule has 0 amide bonds. The van der Waals surface area contributed by atoms with Gasteiger partial charge in [-0.05, 0) is 73.6 Å². The van der Waals surface area contributed by atoms with Crippen LogP contribution in [0.25, 0.3) is 5.57 Å². The van der Waals surface area contributed by atoms with Crippen LogP contribution in [0.3, 0.4) is 0 Å². The number of hydrogen-bond acceptors (Lipinski definition) is 3. The van der Waals surface area contributed by atoms with Gasteiger partial charge in [0.1, 0.15) is 11.4 Å². The van der Waals surface area contributed by atoms with Gasteiger partial charge in [-0.15, -0.1) is 4.91 Å². The smallest absolute Gasteiger partial charge is 0.125 e. The van der Waals surface area contributed by atoms with Crippen molar-refractivity contribution in [2.45, 2.75) is 59.3 Å². The van der Waals surface area contributed by atoms with Gasteiger partial charge in [-0.25, -0.2) is 0 Å². The Hall–Kier alpha value is -2.16. The van der Waals surface area contributed by atoms with Crippen LogP contribution in [-0.4, -0.2) is 5.11 Å². The molecule has 1 aliphatic rings. The Labute approximate surface area is 144 Å². The fourth-order valence-electron chi connectivity index (χ4n) is 3.27. The lowest BCUT2D eigenvalue weighted by Gasteiger charge is -2.21. The van der Waals surface area contributed by atoms with E-state index in [0.717, 1.165) is 60.8 Å². The first-order valence-electron chi connectivity index (χ1n) is 8.73. The molecule has 3 nitrogen and oxygen atoms in total. The van der Waals surface area contributed by atoms with E-state index < -0.39 is 0 Å². The van der Waals surface area contributed by atoms with E-state index in [1.807, 2.05) is 19.1 Å². The lowest BCUT2D eigenvalue weighted by atomic mass is 9.84. The summed E-state index contributed by atoms with van der Waals surface area (Å²) in [7, 11) is 0. The molecule has 1 aliphatic carbocycles. The summed E-state index contributed by atoms with van der Waals surface area (Å²) in [6.45, 7) is 10.2. The van der Waals surface area contributed by atoms with E-state index in [9.17, 15) is 10.0 Å². The lowest BCUT2D eigenvalue weighted by Crippen LogP contribution is -2.00. The topological polar surface area (TPSA) is 49.7 Å². The predicted octanol–water partition coefficient (Wildman–Crippen LogP) is 6.59. The molecule has 0 heterocycles. The number of aryl methyl sites for hydroxylation is 1. The fraction of sp³-hybridized carbons (Fsp3) is 0.429. The van der Waals surface area contributed by atoms with Crippen molar-refractivity contribution in [2.24, 2.45) is 5.18 Å². The first kappa shape index (κ1) is 18.2. The zero-order chi connectivity index (χ0) is 17.7. The first-order valence-corrected chi connectivity index (χ1v) is 8.73. The summed E-state index contributed by atoms with van der Waals surface area (Å²) in [5, 5.41) is 13.8. The van der Waals surface area contributed by atoms with Crippen LogP contribution >= 0.6 is 0 Å². The van der Waals surface area contributed by atoms with Crippen LogP contribution in [0.15, 0.2) is 46.7 Å². The third-order valence-corrected chi connectivity index (χ3v) is 4.59. The van der Waals surface area contributed by atoms with Gasteiger partial charge < -0.3 is 5.11 Å². The van der Waals surface area contributed by atoms with E-state index in [1.54, 1.807) is 6.07 Å². The van der Waals surface area contributed by atoms with Crippen molar-refractivity contribution in [1.82, 2.24) is 0 Å². The largest absolute Gasteiger partial charge is 0.507 e. The van der Waals surface area contributed by atoms with Crippen molar-refractivity contribution >= 4 is 11.3 Å². The number of aromatic hydroxyl groups is 1. The molecule has 0 aliphatic heterocycles. The number of unbranched alkanes of at least 4 members (excludes halogenated alkanes) is 2. The van der Waals surface area contributed by atoms with E-state index in [2.05, 4.69) is 25.6 Å². The van der Waals surface area contributed by atoms with Crippen LogP contribution in [0.1, 0.15) is 64.0 Å². The van der Waals surface area contributed by atoms with Gasteiger partial charge in [-0.1, -0.05) is 43.6 Å². The number of nitroso groups, excluding NO2 is 1. The number of benzene rings is 1. The molecule has 2 rings (SSSR count). The van der Waals surface area contributed by atoms with Gasteiger partial charge in [-0.3, -0.25) is 0 Å². The molecule has 24 heavy (non-hydrogen) atoms. The quantitative estimate of drug-likeness (QED) is 0.454. The minimum absolute atomic E-state index is 0.137. The molecule has 0 radical (unpaired) electrons. The summed E-state index contributed by atoms with van der Waals surface area (Å²) in [6, 6.07) is 3.60. The van der Waals surface area contributed by atoms with Crippen molar-refractivity contribution in [1.29, 1.82) is 0 Å². The molecule has 1 N–H and O–H groups in total. The van der Waals surface area contributed by atoms with Gasteiger partial charge in [0.05, 0.1) is 5.56 Å². The summed E-state index contributed by atoms with van der Waals surface area (Å²) in [5.74, 6) is 0.137. The zero-order valence-corrected chi connectivity index (χ0v) is 15.0. The summed E-state index contributed by atoms with van der Waals surface area (Å²) in [5.41, 5.74) is 6.02. The van der Waals surface area contributed by atoms with E-state index in [-0.39, 0.29) is 5.75 Å². The maximum Gasteiger partial charge on any atom is 0.125 e. The standard InChI is InChI=1S/C21H27NO2/c1-5-6-7-8-16-12-19(22-24)21(20(23)13-16)18-11-15(4)9-10-17(18)14(2)3/h11-13,23H,2,5-10H2,1,3-4H3. The van der Waals surface area contributed by atoms with Gasteiger partial charge in [-0.2, -0.15) is 0 Å². The summed E-state index contributed by atoms with van der Waals surface area (Å²) in [4.78, 5) is 11.4. The Kier molecular flexibility index (Phi) is 6.13. The van der Waals surface area contributed by atoms with Crippen molar-refractivity contribution < 1.29 is 5.11 Å². The summed E-state index contributed by atoms with van der Waals surface area (Å²) >= 11 is 0. The SMILES string of the molecule is C=C(C)C1=C(c2c(O)cc(CCCCC)cc2N=O)C=C(C)CC1. The highest BCUT2D eigenvalue weighted by molar-refractivity contribution is 5.89. The molecule has 0 spiro atoms. The molecule has 0 saturated heterocycles. The van der Waals surface area contributed by atoms with Gasteiger partial charge in [0.2, 0.25) is 0 Å². The van der Waals surface area contributed by atoms with E-state index in [4.69, 9.17) is 0 Å². The Morgan fingerprint density at radius 3 is 2.67 bits per heavy atom. The molecule has 1 aromatic carbocycles. The summed E-state index contributed by atoms with van der Waals surface area (Å²) in [6.07, 6.45) is 8.08. The maximum absolute atomic E-state index is 11.4. The number of rotatable bonds is 7. The number of nitrogens with zero attached hydrogens (tertiary/aromatic N) is 1. The molecule has 3 heteroatoms. The number of phenols is 1. The number of allylic oxidation sites excluding steroid dienone is 5. The van der Waals surface area contributed by atoms with Gasteiger partial charge in [0.15, 0.2) is 0 Å². The van der Waals surface area contributed by atoms with Crippen molar-refractivity contribution in [3.63, 3.8) is 0 Å².